The number of hydrogen-bond donors (Lipinski definition) is 0. The summed E-state index contributed by atoms with van der Waals surface area (Å²) in [5.74, 6) is 1.18. The van der Waals surface area contributed by atoms with Crippen molar-refractivity contribution in [1.82, 2.24) is 0 Å². The van der Waals surface area contributed by atoms with Gasteiger partial charge in [-0.15, -0.1) is 0 Å². The molecule has 0 radical (unpaired) electrons. The maximum Gasteiger partial charge on any atom is 0.135 e. The number of fused-ring (bicyclic) bond motifs is 7. The van der Waals surface area contributed by atoms with E-state index in [4.69, 9.17) is 9.15 Å². The molecule has 0 amide bonds. The molecule has 1 aromatic heterocycles. The third kappa shape index (κ3) is 4.49. The normalized spacial score (nSPS) is 16.5. The summed E-state index contributed by atoms with van der Waals surface area (Å²) >= 11 is 0. The second-order valence-electron chi connectivity index (χ2n) is 12.9. The largest absolute Gasteiger partial charge is 0.485 e. The van der Waals surface area contributed by atoms with Gasteiger partial charge in [-0.25, -0.2) is 0 Å². The van der Waals surface area contributed by atoms with Gasteiger partial charge in [0, 0.05) is 22.3 Å². The van der Waals surface area contributed by atoms with Crippen molar-refractivity contribution < 1.29 is 9.15 Å². The molecule has 0 bridgehead atoms. The molecule has 2 heterocycles. The van der Waals surface area contributed by atoms with Crippen molar-refractivity contribution >= 4 is 38.3 Å². The first-order valence-corrected chi connectivity index (χ1v) is 16.6. The van der Waals surface area contributed by atoms with Crippen LogP contribution in [0.15, 0.2) is 174 Å². The monoisotopic (exact) mass is 614 g/mol. The zero-order chi connectivity index (χ0) is 31.6. The van der Waals surface area contributed by atoms with Gasteiger partial charge in [-0.2, -0.15) is 0 Å². The Morgan fingerprint density at radius 2 is 1.00 bits per heavy atom. The number of furan rings is 1. The molecule has 1 aliphatic carbocycles. The highest BCUT2D eigenvalue weighted by Crippen LogP contribution is 2.45. The fourth-order valence-electron chi connectivity index (χ4n) is 7.48. The van der Waals surface area contributed by atoms with E-state index in [2.05, 4.69) is 170 Å². The van der Waals surface area contributed by atoms with Gasteiger partial charge >= 0.3 is 0 Å². The third-order valence-corrected chi connectivity index (χ3v) is 10.0. The van der Waals surface area contributed by atoms with Gasteiger partial charge < -0.3 is 9.15 Å². The number of ether oxygens (including phenoxy) is 1. The van der Waals surface area contributed by atoms with Crippen LogP contribution in [-0.4, -0.2) is 6.10 Å². The van der Waals surface area contributed by atoms with Crippen LogP contribution in [0.25, 0.3) is 71.7 Å². The Balaban J connectivity index is 1.01. The number of rotatable bonds is 4. The predicted octanol–water partition coefficient (Wildman–Crippen LogP) is 12.2. The summed E-state index contributed by atoms with van der Waals surface area (Å²) in [6.07, 6.45) is 6.80. The van der Waals surface area contributed by atoms with Gasteiger partial charge in [0.05, 0.1) is 0 Å². The average molecular weight is 615 g/mol. The summed E-state index contributed by atoms with van der Waals surface area (Å²) < 4.78 is 12.6. The van der Waals surface area contributed by atoms with Gasteiger partial charge in [0.15, 0.2) is 0 Å². The Hall–Kier alpha value is -6.12. The quantitative estimate of drug-likeness (QED) is 0.197. The number of benzene rings is 7. The highest BCUT2D eigenvalue weighted by molar-refractivity contribution is 6.08. The average Bonchev–Trinajstić information content (AvgIpc) is 3.71. The number of allylic oxidation sites excluding steroid dienone is 2. The minimum Gasteiger partial charge on any atom is -0.485 e. The smallest absolute Gasteiger partial charge is 0.135 e. The molecule has 0 saturated heterocycles. The lowest BCUT2D eigenvalue weighted by Crippen LogP contribution is -2.16. The van der Waals surface area contributed by atoms with Crippen molar-refractivity contribution in [3.63, 3.8) is 0 Å². The molecule has 10 rings (SSSR count). The zero-order valence-electron chi connectivity index (χ0n) is 26.1. The first kappa shape index (κ1) is 27.0. The summed E-state index contributed by atoms with van der Waals surface area (Å²) in [5.41, 5.74) is 12.7. The molecule has 7 aromatic carbocycles. The molecule has 0 N–H and O–H groups in total. The second-order valence-corrected chi connectivity index (χ2v) is 12.9. The Bertz CT molecular complexity index is 2590. The predicted molar refractivity (Wildman–Crippen MR) is 198 cm³/mol. The Labute approximate surface area is 278 Å². The molecule has 2 atom stereocenters. The van der Waals surface area contributed by atoms with Gasteiger partial charge in [0.1, 0.15) is 23.0 Å². The topological polar surface area (TPSA) is 22.4 Å². The van der Waals surface area contributed by atoms with Gasteiger partial charge in [0.2, 0.25) is 0 Å². The van der Waals surface area contributed by atoms with Crippen molar-refractivity contribution in [1.29, 1.82) is 0 Å². The second kappa shape index (κ2) is 10.7. The molecule has 226 valence electrons. The van der Waals surface area contributed by atoms with Crippen LogP contribution in [0.4, 0.5) is 0 Å². The van der Waals surface area contributed by atoms with Gasteiger partial charge in [-0.1, -0.05) is 115 Å². The third-order valence-electron chi connectivity index (χ3n) is 10.0. The molecule has 8 aromatic rings. The standard InChI is InChI=1S/C46H30O2/c1-3-7-29(8-4-1)34-15-19-43-39(25-34)41-27-36(17-21-45(41)47-43)32-13-11-31-12-14-33(24-38(31)23-32)37-18-22-46-42(28-37)40-26-35(16-20-44(40)48-46)30-9-5-2-6-10-30/h1-28,39,43H. The van der Waals surface area contributed by atoms with E-state index >= 15 is 0 Å². The van der Waals surface area contributed by atoms with Crippen LogP contribution in [0.3, 0.4) is 0 Å². The van der Waals surface area contributed by atoms with Crippen LogP contribution in [0.5, 0.6) is 5.75 Å². The number of hydrogen-bond acceptors (Lipinski definition) is 2. The summed E-state index contributed by atoms with van der Waals surface area (Å²) in [7, 11) is 0. The Morgan fingerprint density at radius 1 is 0.438 bits per heavy atom. The van der Waals surface area contributed by atoms with E-state index in [1.54, 1.807) is 0 Å². The van der Waals surface area contributed by atoms with E-state index in [-0.39, 0.29) is 12.0 Å². The van der Waals surface area contributed by atoms with Crippen LogP contribution >= 0.6 is 0 Å². The lowest BCUT2D eigenvalue weighted by molar-refractivity contribution is 0.269. The SMILES string of the molecule is C1=CC2Oc3ccc(-c4ccc5ccc(-c6ccc7oc8ccc(-c9ccccc9)cc8c7c6)cc5c4)cc3C2C=C1c1ccccc1. The molecule has 0 saturated carbocycles. The van der Waals surface area contributed by atoms with Crippen molar-refractivity contribution in [2.24, 2.45) is 0 Å². The minimum absolute atomic E-state index is 0.0384. The fourth-order valence-corrected chi connectivity index (χ4v) is 7.48. The van der Waals surface area contributed by atoms with Crippen molar-refractivity contribution in [3.05, 3.63) is 181 Å². The van der Waals surface area contributed by atoms with Gasteiger partial charge in [-0.05, 0) is 110 Å². The summed E-state index contributed by atoms with van der Waals surface area (Å²) in [6.45, 7) is 0. The molecule has 0 spiro atoms. The van der Waals surface area contributed by atoms with E-state index in [0.29, 0.717) is 0 Å². The minimum atomic E-state index is 0.0384. The highest BCUT2D eigenvalue weighted by atomic mass is 16.5. The van der Waals surface area contributed by atoms with Crippen LogP contribution in [0, 0.1) is 0 Å². The molecule has 2 nitrogen and oxygen atoms in total. The maximum absolute atomic E-state index is 6.36. The molecule has 2 aliphatic rings. The summed E-state index contributed by atoms with van der Waals surface area (Å²) in [4.78, 5) is 0. The summed E-state index contributed by atoms with van der Waals surface area (Å²) in [6, 6.07) is 54.3. The molecular weight excluding hydrogens is 585 g/mol. The molecule has 2 heteroatoms. The van der Waals surface area contributed by atoms with Crippen LogP contribution in [-0.2, 0) is 0 Å². The molecule has 1 aliphatic heterocycles. The molecular formula is C46H30O2. The Kier molecular flexibility index (Phi) is 6.04. The van der Waals surface area contributed by atoms with Gasteiger partial charge in [-0.3, -0.25) is 0 Å². The fraction of sp³-hybridized carbons (Fsp3) is 0.0435. The Morgan fingerprint density at radius 3 is 1.69 bits per heavy atom. The lowest BCUT2D eigenvalue weighted by atomic mass is 9.86. The molecule has 2 unspecified atom stereocenters. The zero-order valence-corrected chi connectivity index (χ0v) is 26.1. The lowest BCUT2D eigenvalue weighted by Gasteiger charge is -2.18. The van der Waals surface area contributed by atoms with E-state index in [1.165, 1.54) is 60.9 Å². The maximum atomic E-state index is 6.36. The summed E-state index contributed by atoms with van der Waals surface area (Å²) in [5, 5.41) is 4.71. The van der Waals surface area contributed by atoms with Crippen molar-refractivity contribution in [3.8, 4) is 39.1 Å². The van der Waals surface area contributed by atoms with Crippen LogP contribution in [0.2, 0.25) is 0 Å². The van der Waals surface area contributed by atoms with E-state index in [0.717, 1.165) is 27.7 Å². The van der Waals surface area contributed by atoms with Gasteiger partial charge in [0.25, 0.3) is 0 Å². The highest BCUT2D eigenvalue weighted by Gasteiger charge is 2.33. The van der Waals surface area contributed by atoms with E-state index in [9.17, 15) is 0 Å². The first-order valence-electron chi connectivity index (χ1n) is 16.6. The van der Waals surface area contributed by atoms with E-state index < -0.39 is 0 Å². The van der Waals surface area contributed by atoms with E-state index in [1.807, 2.05) is 0 Å². The molecule has 0 fully saturated rings. The van der Waals surface area contributed by atoms with Crippen LogP contribution < -0.4 is 4.74 Å². The first-order chi connectivity index (χ1) is 23.7. The molecule has 48 heavy (non-hydrogen) atoms. The van der Waals surface area contributed by atoms with Crippen LogP contribution in [0.1, 0.15) is 17.0 Å². The van der Waals surface area contributed by atoms with Crippen molar-refractivity contribution in [2.45, 2.75) is 12.0 Å². The van der Waals surface area contributed by atoms with Crippen molar-refractivity contribution in [2.75, 3.05) is 0 Å².